The lowest BCUT2D eigenvalue weighted by molar-refractivity contribution is 0.672. The summed E-state index contributed by atoms with van der Waals surface area (Å²) in [5.74, 6) is 1.85. The van der Waals surface area contributed by atoms with E-state index in [1.807, 2.05) is 30.3 Å². The van der Waals surface area contributed by atoms with E-state index in [0.29, 0.717) is 17.5 Å². The van der Waals surface area contributed by atoms with Gasteiger partial charge in [0.1, 0.15) is 11.2 Å². The first-order valence-corrected chi connectivity index (χ1v) is 15.7. The molecule has 0 aliphatic rings. The summed E-state index contributed by atoms with van der Waals surface area (Å²) in [4.78, 5) is 15.2. The summed E-state index contributed by atoms with van der Waals surface area (Å²) in [5.41, 5.74) is 9.06. The molecule has 47 heavy (non-hydrogen) atoms. The second-order valence-corrected chi connectivity index (χ2v) is 11.7. The average Bonchev–Trinajstić information content (AvgIpc) is 3.55. The van der Waals surface area contributed by atoms with E-state index in [2.05, 4.69) is 133 Å². The molecule has 2 aromatic heterocycles. The molecular formula is C43H27N3O. The van der Waals surface area contributed by atoms with Crippen molar-refractivity contribution < 1.29 is 4.42 Å². The highest BCUT2D eigenvalue weighted by Gasteiger charge is 2.16. The molecular weight excluding hydrogens is 574 g/mol. The van der Waals surface area contributed by atoms with Gasteiger partial charge in [-0.3, -0.25) is 0 Å². The van der Waals surface area contributed by atoms with Crippen LogP contribution in [0.5, 0.6) is 0 Å². The van der Waals surface area contributed by atoms with Crippen molar-refractivity contribution >= 4 is 32.7 Å². The molecule has 4 heteroatoms. The molecule has 0 fully saturated rings. The van der Waals surface area contributed by atoms with E-state index in [0.717, 1.165) is 66.1 Å². The Morgan fingerprint density at radius 2 is 0.830 bits per heavy atom. The van der Waals surface area contributed by atoms with E-state index in [1.54, 1.807) is 0 Å². The van der Waals surface area contributed by atoms with Crippen molar-refractivity contribution in [3.63, 3.8) is 0 Å². The predicted molar refractivity (Wildman–Crippen MR) is 192 cm³/mol. The van der Waals surface area contributed by atoms with Crippen LogP contribution in [0.1, 0.15) is 0 Å². The highest BCUT2D eigenvalue weighted by atomic mass is 16.3. The van der Waals surface area contributed by atoms with Gasteiger partial charge in [0.05, 0.1) is 0 Å². The highest BCUT2D eigenvalue weighted by Crippen LogP contribution is 2.36. The van der Waals surface area contributed by atoms with Gasteiger partial charge < -0.3 is 4.42 Å². The third-order valence-corrected chi connectivity index (χ3v) is 8.73. The van der Waals surface area contributed by atoms with Gasteiger partial charge in [0.2, 0.25) is 0 Å². The van der Waals surface area contributed by atoms with Gasteiger partial charge >= 0.3 is 0 Å². The van der Waals surface area contributed by atoms with E-state index >= 15 is 0 Å². The maximum absolute atomic E-state index is 6.39. The zero-order valence-corrected chi connectivity index (χ0v) is 25.3. The molecule has 0 N–H and O–H groups in total. The quantitative estimate of drug-likeness (QED) is 0.197. The molecule has 0 unspecified atom stereocenters. The lowest BCUT2D eigenvalue weighted by Crippen LogP contribution is -2.00. The van der Waals surface area contributed by atoms with Crippen LogP contribution in [-0.2, 0) is 0 Å². The number of aromatic nitrogens is 3. The number of fused-ring (bicyclic) bond motifs is 5. The van der Waals surface area contributed by atoms with Gasteiger partial charge in [0.15, 0.2) is 17.5 Å². The molecule has 0 saturated heterocycles. The molecule has 220 valence electrons. The molecule has 0 bridgehead atoms. The number of hydrogen-bond donors (Lipinski definition) is 0. The van der Waals surface area contributed by atoms with Crippen molar-refractivity contribution in [2.75, 3.05) is 0 Å². The normalized spacial score (nSPS) is 11.4. The minimum absolute atomic E-state index is 0.609. The maximum Gasteiger partial charge on any atom is 0.164 e. The number of benzene rings is 7. The largest absolute Gasteiger partial charge is 0.455 e. The van der Waals surface area contributed by atoms with Gasteiger partial charge in [0, 0.05) is 32.8 Å². The highest BCUT2D eigenvalue weighted by molar-refractivity contribution is 6.15. The predicted octanol–water partition coefficient (Wildman–Crippen LogP) is 11.3. The summed E-state index contributed by atoms with van der Waals surface area (Å²) < 4.78 is 6.39. The summed E-state index contributed by atoms with van der Waals surface area (Å²) in [6, 6.07) is 56.4. The molecule has 0 saturated carbocycles. The molecule has 0 aliphatic heterocycles. The number of nitrogens with zero attached hydrogens (tertiary/aromatic N) is 3. The Morgan fingerprint density at radius 1 is 0.319 bits per heavy atom. The summed E-state index contributed by atoms with van der Waals surface area (Å²) in [6.45, 7) is 0. The molecule has 0 amide bonds. The van der Waals surface area contributed by atoms with Crippen LogP contribution in [-0.4, -0.2) is 15.0 Å². The van der Waals surface area contributed by atoms with Crippen molar-refractivity contribution in [3.8, 4) is 56.4 Å². The molecule has 2 heterocycles. The second kappa shape index (κ2) is 11.2. The first-order valence-electron chi connectivity index (χ1n) is 15.7. The minimum Gasteiger partial charge on any atom is -0.455 e. The summed E-state index contributed by atoms with van der Waals surface area (Å²) in [5, 5.41) is 4.33. The fourth-order valence-electron chi connectivity index (χ4n) is 6.32. The summed E-state index contributed by atoms with van der Waals surface area (Å²) >= 11 is 0. The summed E-state index contributed by atoms with van der Waals surface area (Å²) in [6.07, 6.45) is 0. The third kappa shape index (κ3) is 4.93. The van der Waals surface area contributed by atoms with Gasteiger partial charge in [-0.1, -0.05) is 140 Å². The van der Waals surface area contributed by atoms with Crippen LogP contribution in [0.3, 0.4) is 0 Å². The zero-order chi connectivity index (χ0) is 31.2. The van der Waals surface area contributed by atoms with Gasteiger partial charge in [-0.25, -0.2) is 15.0 Å². The number of hydrogen-bond acceptors (Lipinski definition) is 4. The molecule has 0 atom stereocenters. The van der Waals surface area contributed by atoms with E-state index < -0.39 is 0 Å². The number of furan rings is 1. The monoisotopic (exact) mass is 601 g/mol. The summed E-state index contributed by atoms with van der Waals surface area (Å²) in [7, 11) is 0. The Labute approximate surface area is 271 Å². The van der Waals surface area contributed by atoms with Gasteiger partial charge in [-0.2, -0.15) is 0 Å². The third-order valence-electron chi connectivity index (χ3n) is 8.73. The fourth-order valence-corrected chi connectivity index (χ4v) is 6.32. The van der Waals surface area contributed by atoms with Crippen molar-refractivity contribution in [2.24, 2.45) is 0 Å². The van der Waals surface area contributed by atoms with Gasteiger partial charge in [-0.15, -0.1) is 0 Å². The topological polar surface area (TPSA) is 51.8 Å². The lowest BCUT2D eigenvalue weighted by Gasteiger charge is -2.11. The molecule has 9 aromatic rings. The minimum atomic E-state index is 0.609. The van der Waals surface area contributed by atoms with Crippen LogP contribution in [0.4, 0.5) is 0 Å². The molecule has 0 aliphatic carbocycles. The van der Waals surface area contributed by atoms with E-state index in [9.17, 15) is 0 Å². The Balaban J connectivity index is 1.21. The smallest absolute Gasteiger partial charge is 0.164 e. The maximum atomic E-state index is 6.39. The first kappa shape index (κ1) is 27.0. The van der Waals surface area contributed by atoms with Crippen molar-refractivity contribution in [1.82, 2.24) is 15.0 Å². The Kier molecular flexibility index (Phi) is 6.43. The zero-order valence-electron chi connectivity index (χ0n) is 25.3. The van der Waals surface area contributed by atoms with Crippen LogP contribution in [0.25, 0.3) is 89.1 Å². The van der Waals surface area contributed by atoms with Crippen LogP contribution >= 0.6 is 0 Å². The van der Waals surface area contributed by atoms with Gasteiger partial charge in [-0.05, 0) is 51.9 Å². The van der Waals surface area contributed by atoms with Crippen molar-refractivity contribution in [3.05, 3.63) is 164 Å². The Bertz CT molecular complexity index is 2550. The Morgan fingerprint density at radius 3 is 1.57 bits per heavy atom. The molecule has 0 radical (unpaired) electrons. The van der Waals surface area contributed by atoms with Crippen LogP contribution in [0.2, 0.25) is 0 Å². The Hall–Kier alpha value is -6.39. The van der Waals surface area contributed by atoms with Gasteiger partial charge in [0.25, 0.3) is 0 Å². The first-order chi connectivity index (χ1) is 23.3. The van der Waals surface area contributed by atoms with Crippen LogP contribution in [0, 0.1) is 0 Å². The van der Waals surface area contributed by atoms with Crippen molar-refractivity contribution in [2.45, 2.75) is 0 Å². The lowest BCUT2D eigenvalue weighted by atomic mass is 10.0. The van der Waals surface area contributed by atoms with E-state index in [4.69, 9.17) is 19.4 Å². The fraction of sp³-hybridized carbons (Fsp3) is 0. The second-order valence-electron chi connectivity index (χ2n) is 11.7. The van der Waals surface area contributed by atoms with Crippen LogP contribution in [0.15, 0.2) is 168 Å². The molecule has 9 rings (SSSR count). The van der Waals surface area contributed by atoms with E-state index in [1.165, 1.54) is 5.56 Å². The molecule has 7 aromatic carbocycles. The molecule has 4 nitrogen and oxygen atoms in total. The molecule has 0 spiro atoms. The van der Waals surface area contributed by atoms with E-state index in [-0.39, 0.29) is 0 Å². The average molecular weight is 602 g/mol. The van der Waals surface area contributed by atoms with Crippen molar-refractivity contribution in [1.29, 1.82) is 0 Å². The van der Waals surface area contributed by atoms with Crippen LogP contribution < -0.4 is 0 Å². The number of rotatable bonds is 5. The SMILES string of the molecule is c1ccc(-c2ccc(-c3nc(-c4cccc(-c5ccccc5)c4)nc(-c4ccc5ccc6c7ccccc7oc6c5c4)n3)cc2)cc1. The number of para-hydroxylation sites is 1. The standard InChI is InChI=1S/C43H27N3O/c1-3-10-28(11-4-1)30-18-21-32(22-19-30)41-44-42(34-15-9-14-33(26-34)29-12-5-2-6-13-29)46-43(45-41)35-23-20-31-24-25-37-36-16-7-8-17-39(36)47-40(37)38(31)27-35/h1-27H.